The predicted molar refractivity (Wildman–Crippen MR) is 68.7 cm³/mol. The van der Waals surface area contributed by atoms with Crippen LogP contribution >= 0.6 is 0 Å². The van der Waals surface area contributed by atoms with E-state index in [1.807, 2.05) is 0 Å². The molecule has 0 aromatic rings. The zero-order chi connectivity index (χ0) is 12.0. The maximum absolute atomic E-state index is 5.53. The average Bonchev–Trinajstić information content (AvgIpc) is 2.22. The first-order valence-electron chi connectivity index (χ1n) is 6.66. The molecule has 1 aliphatic heterocycles. The van der Waals surface area contributed by atoms with Gasteiger partial charge in [0.1, 0.15) is 0 Å². The Labute approximate surface area is 101 Å². The molecular formula is C13H28N2O. The van der Waals surface area contributed by atoms with Gasteiger partial charge in [-0.1, -0.05) is 13.8 Å². The van der Waals surface area contributed by atoms with Gasteiger partial charge in [0.2, 0.25) is 0 Å². The van der Waals surface area contributed by atoms with Crippen molar-refractivity contribution in [2.45, 2.75) is 33.7 Å². The van der Waals surface area contributed by atoms with Crippen LogP contribution in [0.4, 0.5) is 0 Å². The van der Waals surface area contributed by atoms with Gasteiger partial charge in [-0.25, -0.2) is 0 Å². The molecule has 3 heteroatoms. The third kappa shape index (κ3) is 4.81. The van der Waals surface area contributed by atoms with E-state index in [4.69, 9.17) is 4.74 Å². The summed E-state index contributed by atoms with van der Waals surface area (Å²) in [4.78, 5) is 2.59. The molecule has 0 radical (unpaired) electrons. The van der Waals surface area contributed by atoms with Gasteiger partial charge in [0, 0.05) is 25.7 Å². The third-order valence-electron chi connectivity index (χ3n) is 3.26. The van der Waals surface area contributed by atoms with Gasteiger partial charge in [-0.2, -0.15) is 0 Å². The van der Waals surface area contributed by atoms with E-state index in [9.17, 15) is 0 Å². The lowest BCUT2D eigenvalue weighted by Gasteiger charge is -2.35. The lowest BCUT2D eigenvalue weighted by Crippen LogP contribution is -2.47. The molecule has 96 valence electrons. The highest BCUT2D eigenvalue weighted by Gasteiger charge is 2.21. The van der Waals surface area contributed by atoms with Gasteiger partial charge in [-0.3, -0.25) is 4.90 Å². The van der Waals surface area contributed by atoms with Crippen LogP contribution in [0, 0.1) is 11.8 Å². The Hall–Kier alpha value is -0.120. The molecule has 0 aromatic carbocycles. The van der Waals surface area contributed by atoms with E-state index in [1.54, 1.807) is 0 Å². The zero-order valence-electron chi connectivity index (χ0n) is 11.3. The van der Waals surface area contributed by atoms with E-state index < -0.39 is 0 Å². The molecule has 3 unspecified atom stereocenters. The van der Waals surface area contributed by atoms with Crippen LogP contribution in [-0.2, 0) is 4.74 Å². The molecule has 1 fully saturated rings. The fourth-order valence-corrected chi connectivity index (χ4v) is 2.33. The zero-order valence-corrected chi connectivity index (χ0v) is 11.3. The smallest absolute Gasteiger partial charge is 0.0618 e. The summed E-state index contributed by atoms with van der Waals surface area (Å²) in [6.07, 6.45) is 0. The van der Waals surface area contributed by atoms with Crippen molar-refractivity contribution in [3.63, 3.8) is 0 Å². The highest BCUT2D eigenvalue weighted by molar-refractivity contribution is 4.76. The minimum absolute atomic E-state index is 0.544. The van der Waals surface area contributed by atoms with Crippen molar-refractivity contribution in [1.29, 1.82) is 0 Å². The molecule has 1 aliphatic rings. The highest BCUT2D eigenvalue weighted by Crippen LogP contribution is 2.11. The fraction of sp³-hybridized carbons (Fsp3) is 1.00. The normalized spacial score (nSPS) is 30.8. The molecular weight excluding hydrogens is 200 g/mol. The van der Waals surface area contributed by atoms with Crippen LogP contribution < -0.4 is 5.32 Å². The second-order valence-electron chi connectivity index (χ2n) is 5.33. The summed E-state index contributed by atoms with van der Waals surface area (Å²) in [5, 5.41) is 3.53. The summed E-state index contributed by atoms with van der Waals surface area (Å²) < 4.78 is 5.53. The lowest BCUT2D eigenvalue weighted by atomic mass is 10.0. The molecule has 0 aliphatic carbocycles. The highest BCUT2D eigenvalue weighted by atomic mass is 16.5. The fourth-order valence-electron chi connectivity index (χ4n) is 2.33. The van der Waals surface area contributed by atoms with Crippen molar-refractivity contribution in [2.24, 2.45) is 11.8 Å². The number of ether oxygens (including phenoxy) is 1. The largest absolute Gasteiger partial charge is 0.380 e. The molecule has 1 saturated heterocycles. The Bertz CT molecular complexity index is 175. The summed E-state index contributed by atoms with van der Waals surface area (Å²) in [5.41, 5.74) is 0. The first-order valence-corrected chi connectivity index (χ1v) is 6.66. The Kier molecular flexibility index (Phi) is 6.32. The number of nitrogens with one attached hydrogen (secondary N) is 1. The molecule has 0 aromatic heterocycles. The van der Waals surface area contributed by atoms with Gasteiger partial charge >= 0.3 is 0 Å². The first kappa shape index (κ1) is 13.9. The summed E-state index contributed by atoms with van der Waals surface area (Å²) in [5.74, 6) is 1.47. The SMILES string of the molecule is CCOCC(C)N1CC(C)CNCC(C)C1. The van der Waals surface area contributed by atoms with E-state index in [0.29, 0.717) is 6.04 Å². The van der Waals surface area contributed by atoms with E-state index in [2.05, 4.69) is 37.9 Å². The summed E-state index contributed by atoms with van der Waals surface area (Å²) in [6.45, 7) is 15.3. The summed E-state index contributed by atoms with van der Waals surface area (Å²) in [7, 11) is 0. The standard InChI is InChI=1S/C13H28N2O/c1-5-16-10-13(4)15-8-11(2)6-14-7-12(3)9-15/h11-14H,5-10H2,1-4H3. The molecule has 16 heavy (non-hydrogen) atoms. The molecule has 0 bridgehead atoms. The molecule has 1 N–H and O–H groups in total. The van der Waals surface area contributed by atoms with Gasteiger partial charge in [-0.15, -0.1) is 0 Å². The Morgan fingerprint density at radius 1 is 1.25 bits per heavy atom. The second kappa shape index (κ2) is 7.25. The maximum Gasteiger partial charge on any atom is 0.0618 e. The van der Waals surface area contributed by atoms with E-state index >= 15 is 0 Å². The van der Waals surface area contributed by atoms with Crippen LogP contribution in [0.15, 0.2) is 0 Å². The molecule has 0 saturated carbocycles. The number of rotatable bonds is 4. The minimum Gasteiger partial charge on any atom is -0.380 e. The minimum atomic E-state index is 0.544. The van der Waals surface area contributed by atoms with Crippen LogP contribution in [0.25, 0.3) is 0 Å². The van der Waals surface area contributed by atoms with Gasteiger partial charge in [0.25, 0.3) is 0 Å². The Morgan fingerprint density at radius 3 is 2.31 bits per heavy atom. The second-order valence-corrected chi connectivity index (χ2v) is 5.33. The molecule has 1 heterocycles. The Morgan fingerprint density at radius 2 is 1.81 bits per heavy atom. The molecule has 0 amide bonds. The van der Waals surface area contributed by atoms with Crippen LogP contribution in [0.2, 0.25) is 0 Å². The lowest BCUT2D eigenvalue weighted by molar-refractivity contribution is 0.0549. The van der Waals surface area contributed by atoms with Gasteiger partial charge in [0.15, 0.2) is 0 Å². The van der Waals surface area contributed by atoms with Crippen LogP contribution in [-0.4, -0.2) is 50.3 Å². The van der Waals surface area contributed by atoms with Crippen LogP contribution in [0.1, 0.15) is 27.7 Å². The first-order chi connectivity index (χ1) is 7.63. The van der Waals surface area contributed by atoms with Gasteiger partial charge in [-0.05, 0) is 38.8 Å². The molecule has 1 rings (SSSR count). The predicted octanol–water partition coefficient (Wildman–Crippen LogP) is 1.59. The number of hydrogen-bond donors (Lipinski definition) is 1. The van der Waals surface area contributed by atoms with E-state index in [0.717, 1.165) is 38.1 Å². The maximum atomic E-state index is 5.53. The van der Waals surface area contributed by atoms with Crippen molar-refractivity contribution in [1.82, 2.24) is 10.2 Å². The summed E-state index contributed by atoms with van der Waals surface area (Å²) in [6, 6.07) is 0.544. The molecule has 3 nitrogen and oxygen atoms in total. The van der Waals surface area contributed by atoms with Gasteiger partial charge in [0.05, 0.1) is 6.61 Å². The van der Waals surface area contributed by atoms with Crippen LogP contribution in [0.5, 0.6) is 0 Å². The monoisotopic (exact) mass is 228 g/mol. The molecule has 3 atom stereocenters. The number of hydrogen-bond acceptors (Lipinski definition) is 3. The van der Waals surface area contributed by atoms with Crippen molar-refractivity contribution in [3.8, 4) is 0 Å². The topological polar surface area (TPSA) is 24.5 Å². The van der Waals surface area contributed by atoms with Gasteiger partial charge < -0.3 is 10.1 Å². The quantitative estimate of drug-likeness (QED) is 0.791. The van der Waals surface area contributed by atoms with Crippen molar-refractivity contribution >= 4 is 0 Å². The average molecular weight is 228 g/mol. The van der Waals surface area contributed by atoms with Crippen molar-refractivity contribution < 1.29 is 4.74 Å². The van der Waals surface area contributed by atoms with Crippen molar-refractivity contribution in [3.05, 3.63) is 0 Å². The number of nitrogens with zero attached hydrogens (tertiary/aromatic N) is 1. The van der Waals surface area contributed by atoms with E-state index in [1.165, 1.54) is 13.1 Å². The van der Waals surface area contributed by atoms with E-state index in [-0.39, 0.29) is 0 Å². The Balaban J connectivity index is 2.45. The molecule has 0 spiro atoms. The van der Waals surface area contributed by atoms with Crippen LogP contribution in [0.3, 0.4) is 0 Å². The summed E-state index contributed by atoms with van der Waals surface area (Å²) >= 11 is 0. The third-order valence-corrected chi connectivity index (χ3v) is 3.26. The van der Waals surface area contributed by atoms with Crippen molar-refractivity contribution in [2.75, 3.05) is 39.4 Å².